The molecule has 1 saturated heterocycles. The molecule has 2 aliphatic heterocycles. The van der Waals surface area contributed by atoms with Crippen molar-refractivity contribution in [2.45, 2.75) is 12.5 Å². The van der Waals surface area contributed by atoms with E-state index in [1.54, 1.807) is 14.2 Å². The fourth-order valence-electron chi connectivity index (χ4n) is 5.02. The first kappa shape index (κ1) is 21.2. The summed E-state index contributed by atoms with van der Waals surface area (Å²) in [6.07, 6.45) is 0.726. The Labute approximate surface area is 194 Å². The van der Waals surface area contributed by atoms with Crippen molar-refractivity contribution in [2.75, 3.05) is 49.0 Å². The van der Waals surface area contributed by atoms with Gasteiger partial charge < -0.3 is 24.6 Å². The number of fused-ring (bicyclic) bond motifs is 3. The minimum Gasteiger partial charge on any atom is -0.497 e. The molecule has 2 aliphatic rings. The molecule has 5 rings (SSSR count). The van der Waals surface area contributed by atoms with Gasteiger partial charge in [0.1, 0.15) is 11.5 Å². The van der Waals surface area contributed by atoms with Crippen molar-refractivity contribution in [2.24, 2.45) is 5.92 Å². The number of nitrogens with zero attached hydrogens (tertiary/aromatic N) is 2. The monoisotopic (exact) mass is 443 g/mol. The minimum atomic E-state index is -0.160. The van der Waals surface area contributed by atoms with Gasteiger partial charge >= 0.3 is 0 Å². The standard InChI is InChI=1S/C27H29N3O3/c1-32-22-12-10-21(11-13-22)29-14-15-30-25-9-4-3-6-19(25)16-24(26(30)18-29)27(31)28-20-7-5-8-23(17-20)33-2/h3-13,17,24,26H,14-16,18H2,1-2H3,(H,28,31)/t24-,26+/m1/s1. The SMILES string of the molecule is COc1ccc(N2CCN3c4ccccc4C[C@@H](C(=O)Nc4cccc(OC)c4)[C@@H]3C2)cc1. The van der Waals surface area contributed by atoms with Crippen molar-refractivity contribution in [3.8, 4) is 11.5 Å². The van der Waals surface area contributed by atoms with E-state index in [4.69, 9.17) is 9.47 Å². The van der Waals surface area contributed by atoms with Crippen molar-refractivity contribution in [1.82, 2.24) is 0 Å². The van der Waals surface area contributed by atoms with Gasteiger partial charge in [-0.05, 0) is 54.4 Å². The second-order valence-corrected chi connectivity index (χ2v) is 8.57. The van der Waals surface area contributed by atoms with Gasteiger partial charge in [-0.25, -0.2) is 0 Å². The molecule has 0 bridgehead atoms. The summed E-state index contributed by atoms with van der Waals surface area (Å²) in [7, 11) is 3.31. The van der Waals surface area contributed by atoms with Crippen molar-refractivity contribution in [3.05, 3.63) is 78.4 Å². The molecule has 0 radical (unpaired) electrons. The van der Waals surface area contributed by atoms with E-state index >= 15 is 0 Å². The smallest absolute Gasteiger partial charge is 0.229 e. The molecule has 0 aromatic heterocycles. The van der Waals surface area contributed by atoms with Gasteiger partial charge in [0.2, 0.25) is 5.91 Å². The predicted octanol–water partition coefficient (Wildman–Crippen LogP) is 4.21. The molecule has 1 N–H and O–H groups in total. The fraction of sp³-hybridized carbons (Fsp3) is 0.296. The highest BCUT2D eigenvalue weighted by molar-refractivity contribution is 5.94. The molecule has 2 atom stereocenters. The number of para-hydroxylation sites is 1. The molecule has 0 unspecified atom stereocenters. The van der Waals surface area contributed by atoms with Gasteiger partial charge in [-0.2, -0.15) is 0 Å². The van der Waals surface area contributed by atoms with Gasteiger partial charge in [-0.15, -0.1) is 0 Å². The molecule has 2 heterocycles. The summed E-state index contributed by atoms with van der Waals surface area (Å²) >= 11 is 0. The quantitative estimate of drug-likeness (QED) is 0.640. The highest BCUT2D eigenvalue weighted by Gasteiger charge is 2.41. The predicted molar refractivity (Wildman–Crippen MR) is 132 cm³/mol. The second-order valence-electron chi connectivity index (χ2n) is 8.57. The second kappa shape index (κ2) is 9.06. The lowest BCUT2D eigenvalue weighted by molar-refractivity contribution is -0.120. The number of carbonyl (C=O) groups is 1. The lowest BCUT2D eigenvalue weighted by Gasteiger charge is -2.49. The number of ether oxygens (including phenoxy) is 2. The Morgan fingerprint density at radius 3 is 2.48 bits per heavy atom. The summed E-state index contributed by atoms with van der Waals surface area (Å²) in [6.45, 7) is 2.56. The number of benzene rings is 3. The van der Waals surface area contributed by atoms with Gasteiger partial charge in [0.05, 0.1) is 26.2 Å². The van der Waals surface area contributed by atoms with E-state index in [9.17, 15) is 4.79 Å². The number of amides is 1. The average molecular weight is 444 g/mol. The zero-order valence-electron chi connectivity index (χ0n) is 19.0. The van der Waals surface area contributed by atoms with Crippen LogP contribution in [0.1, 0.15) is 5.56 Å². The molecule has 3 aromatic carbocycles. The molecule has 3 aromatic rings. The zero-order chi connectivity index (χ0) is 22.8. The van der Waals surface area contributed by atoms with Crippen molar-refractivity contribution in [1.29, 1.82) is 0 Å². The van der Waals surface area contributed by atoms with Crippen LogP contribution in [0.25, 0.3) is 0 Å². The van der Waals surface area contributed by atoms with Crippen LogP contribution in [0.3, 0.4) is 0 Å². The normalized spacial score (nSPS) is 19.3. The average Bonchev–Trinajstić information content (AvgIpc) is 2.88. The molecule has 0 saturated carbocycles. The molecule has 1 amide bonds. The first-order valence-electron chi connectivity index (χ1n) is 11.3. The van der Waals surface area contributed by atoms with E-state index in [1.807, 2.05) is 36.4 Å². The third-order valence-corrected chi connectivity index (χ3v) is 6.74. The maximum Gasteiger partial charge on any atom is 0.229 e. The van der Waals surface area contributed by atoms with E-state index < -0.39 is 0 Å². The lowest BCUT2D eigenvalue weighted by Crippen LogP contribution is -2.60. The lowest BCUT2D eigenvalue weighted by atomic mass is 9.83. The summed E-state index contributed by atoms with van der Waals surface area (Å²) in [5, 5.41) is 3.14. The Morgan fingerprint density at radius 1 is 0.909 bits per heavy atom. The molecule has 0 aliphatic carbocycles. The van der Waals surface area contributed by atoms with Crippen molar-refractivity contribution in [3.63, 3.8) is 0 Å². The van der Waals surface area contributed by atoms with E-state index in [0.717, 1.165) is 48.9 Å². The molecule has 33 heavy (non-hydrogen) atoms. The summed E-state index contributed by atoms with van der Waals surface area (Å²) < 4.78 is 10.6. The van der Waals surface area contributed by atoms with E-state index in [1.165, 1.54) is 11.3 Å². The minimum absolute atomic E-state index is 0.0457. The molecule has 170 valence electrons. The number of piperazine rings is 1. The van der Waals surface area contributed by atoms with Crippen LogP contribution in [-0.2, 0) is 11.2 Å². The summed E-state index contributed by atoms with van der Waals surface area (Å²) in [5.41, 5.74) is 4.40. The maximum absolute atomic E-state index is 13.5. The number of hydrogen-bond acceptors (Lipinski definition) is 5. The van der Waals surface area contributed by atoms with E-state index in [2.05, 4.69) is 51.5 Å². The molecule has 1 fully saturated rings. The van der Waals surface area contributed by atoms with Crippen LogP contribution in [0, 0.1) is 5.92 Å². The van der Waals surface area contributed by atoms with Crippen LogP contribution >= 0.6 is 0 Å². The summed E-state index contributed by atoms with van der Waals surface area (Å²) in [6, 6.07) is 24.3. The number of rotatable bonds is 5. The fourth-order valence-corrected chi connectivity index (χ4v) is 5.02. The van der Waals surface area contributed by atoms with Crippen LogP contribution in [0.2, 0.25) is 0 Å². The van der Waals surface area contributed by atoms with Crippen LogP contribution in [0.15, 0.2) is 72.8 Å². The van der Waals surface area contributed by atoms with Gasteiger partial charge in [0.25, 0.3) is 0 Å². The topological polar surface area (TPSA) is 54.0 Å². The Bertz CT molecular complexity index is 1130. The molecule has 6 heteroatoms. The Balaban J connectivity index is 1.42. The van der Waals surface area contributed by atoms with Crippen molar-refractivity contribution < 1.29 is 14.3 Å². The third kappa shape index (κ3) is 4.21. The third-order valence-electron chi connectivity index (χ3n) is 6.74. The Morgan fingerprint density at radius 2 is 1.70 bits per heavy atom. The number of carbonyl (C=O) groups excluding carboxylic acids is 1. The molecule has 0 spiro atoms. The number of nitrogens with one attached hydrogen (secondary N) is 1. The first-order chi connectivity index (χ1) is 16.2. The van der Waals surface area contributed by atoms with Crippen LogP contribution < -0.4 is 24.6 Å². The number of anilines is 3. The molecular formula is C27H29N3O3. The molecular weight excluding hydrogens is 414 g/mol. The largest absolute Gasteiger partial charge is 0.497 e. The Kier molecular flexibility index (Phi) is 5.82. The first-order valence-corrected chi connectivity index (χ1v) is 11.3. The summed E-state index contributed by atoms with van der Waals surface area (Å²) in [5.74, 6) is 1.46. The van der Waals surface area contributed by atoms with Gasteiger partial charge in [-0.3, -0.25) is 4.79 Å². The van der Waals surface area contributed by atoms with Crippen LogP contribution in [0.5, 0.6) is 11.5 Å². The van der Waals surface area contributed by atoms with Gasteiger partial charge in [0.15, 0.2) is 0 Å². The van der Waals surface area contributed by atoms with E-state index in [0.29, 0.717) is 0 Å². The van der Waals surface area contributed by atoms with Gasteiger partial charge in [-0.1, -0.05) is 24.3 Å². The van der Waals surface area contributed by atoms with Crippen LogP contribution in [-0.4, -0.2) is 45.8 Å². The highest BCUT2D eigenvalue weighted by Crippen LogP contribution is 2.37. The van der Waals surface area contributed by atoms with E-state index in [-0.39, 0.29) is 17.9 Å². The van der Waals surface area contributed by atoms with Crippen LogP contribution in [0.4, 0.5) is 17.1 Å². The maximum atomic E-state index is 13.5. The Hall–Kier alpha value is -3.67. The van der Waals surface area contributed by atoms with Crippen molar-refractivity contribution >= 4 is 23.0 Å². The summed E-state index contributed by atoms with van der Waals surface area (Å²) in [4.78, 5) is 18.3. The highest BCUT2D eigenvalue weighted by atomic mass is 16.5. The number of hydrogen-bond donors (Lipinski definition) is 1. The zero-order valence-corrected chi connectivity index (χ0v) is 19.0. The number of methoxy groups -OCH3 is 2. The van der Waals surface area contributed by atoms with Gasteiger partial charge in [0, 0.05) is 42.8 Å². The molecule has 6 nitrogen and oxygen atoms in total.